The molecule has 3 N–H and O–H groups in total. The molecule has 0 rings (SSSR count). The first-order valence-corrected chi connectivity index (χ1v) is 8.13. The third-order valence-electron chi connectivity index (χ3n) is 2.25. The molecule has 0 aromatic rings. The van der Waals surface area contributed by atoms with Crippen LogP contribution in [0.1, 0.15) is 26.7 Å². The SMILES string of the molecule is CN=C(NCCCNS(C)(=O)=O)NCCC(C)C.I. The lowest BCUT2D eigenvalue weighted by molar-refractivity contribution is 0.572. The van der Waals surface area contributed by atoms with E-state index in [1.807, 2.05) is 0 Å². The summed E-state index contributed by atoms with van der Waals surface area (Å²) in [6.45, 7) is 6.36. The summed E-state index contributed by atoms with van der Waals surface area (Å²) in [7, 11) is -1.36. The molecule has 0 aliphatic carbocycles. The molecular weight excluding hydrogens is 379 g/mol. The van der Waals surface area contributed by atoms with E-state index in [1.165, 1.54) is 0 Å². The van der Waals surface area contributed by atoms with E-state index in [9.17, 15) is 8.42 Å². The molecule has 19 heavy (non-hydrogen) atoms. The molecule has 0 aromatic heterocycles. The highest BCUT2D eigenvalue weighted by Gasteiger charge is 2.00. The highest BCUT2D eigenvalue weighted by molar-refractivity contribution is 14.0. The van der Waals surface area contributed by atoms with Crippen LogP contribution >= 0.6 is 24.0 Å². The fourth-order valence-corrected chi connectivity index (χ4v) is 1.77. The lowest BCUT2D eigenvalue weighted by Gasteiger charge is -2.12. The normalized spacial score (nSPS) is 12.2. The molecule has 8 heteroatoms. The van der Waals surface area contributed by atoms with Gasteiger partial charge in [-0.1, -0.05) is 13.8 Å². The van der Waals surface area contributed by atoms with Gasteiger partial charge in [-0.05, 0) is 18.8 Å². The Morgan fingerprint density at radius 2 is 1.74 bits per heavy atom. The first-order valence-electron chi connectivity index (χ1n) is 6.24. The van der Waals surface area contributed by atoms with Crippen molar-refractivity contribution in [2.75, 3.05) is 32.9 Å². The van der Waals surface area contributed by atoms with Crippen molar-refractivity contribution < 1.29 is 8.42 Å². The van der Waals surface area contributed by atoms with Gasteiger partial charge < -0.3 is 10.6 Å². The average Bonchev–Trinajstić information content (AvgIpc) is 2.24. The summed E-state index contributed by atoms with van der Waals surface area (Å²) in [5, 5.41) is 6.34. The Balaban J connectivity index is 0. The number of aliphatic imine (C=N–C) groups is 1. The molecule has 116 valence electrons. The third-order valence-corrected chi connectivity index (χ3v) is 2.98. The van der Waals surface area contributed by atoms with Crippen molar-refractivity contribution in [3.05, 3.63) is 0 Å². The Hall–Kier alpha value is -0.0900. The maximum Gasteiger partial charge on any atom is 0.208 e. The Morgan fingerprint density at radius 3 is 2.21 bits per heavy atom. The predicted octanol–water partition coefficient (Wildman–Crippen LogP) is 0.755. The summed E-state index contributed by atoms with van der Waals surface area (Å²) in [6.07, 6.45) is 2.97. The Bertz CT molecular complexity index is 345. The molecule has 0 heterocycles. The molecule has 0 aromatic carbocycles. The number of guanidine groups is 1. The zero-order chi connectivity index (χ0) is 14.0. The fraction of sp³-hybridized carbons (Fsp3) is 0.909. The van der Waals surface area contributed by atoms with Gasteiger partial charge in [0.2, 0.25) is 10.0 Å². The molecule has 0 spiro atoms. The van der Waals surface area contributed by atoms with Gasteiger partial charge in [0.15, 0.2) is 5.96 Å². The van der Waals surface area contributed by atoms with E-state index in [-0.39, 0.29) is 24.0 Å². The van der Waals surface area contributed by atoms with Crippen molar-refractivity contribution in [2.24, 2.45) is 10.9 Å². The summed E-state index contributed by atoms with van der Waals surface area (Å²) >= 11 is 0. The van der Waals surface area contributed by atoms with Gasteiger partial charge in [-0.3, -0.25) is 4.99 Å². The Kier molecular flexibility index (Phi) is 13.1. The second-order valence-electron chi connectivity index (χ2n) is 4.63. The lowest BCUT2D eigenvalue weighted by Crippen LogP contribution is -2.39. The number of hydrogen-bond donors (Lipinski definition) is 3. The van der Waals surface area contributed by atoms with Crippen LogP contribution in [0.2, 0.25) is 0 Å². The maximum absolute atomic E-state index is 10.8. The Morgan fingerprint density at radius 1 is 1.16 bits per heavy atom. The van der Waals surface area contributed by atoms with Crippen molar-refractivity contribution in [1.29, 1.82) is 0 Å². The molecule has 0 amide bonds. The number of halogens is 1. The minimum Gasteiger partial charge on any atom is -0.356 e. The summed E-state index contributed by atoms with van der Waals surface area (Å²) in [4.78, 5) is 4.09. The predicted molar refractivity (Wildman–Crippen MR) is 91.7 cm³/mol. The molecule has 0 unspecified atom stereocenters. The van der Waals surface area contributed by atoms with Crippen LogP contribution in [0, 0.1) is 5.92 Å². The number of sulfonamides is 1. The van der Waals surface area contributed by atoms with Crippen LogP contribution in [0.3, 0.4) is 0 Å². The van der Waals surface area contributed by atoms with E-state index >= 15 is 0 Å². The molecule has 0 saturated heterocycles. The van der Waals surface area contributed by atoms with Crippen LogP contribution in [0.15, 0.2) is 4.99 Å². The standard InChI is InChI=1S/C11H26N4O2S.HI/c1-10(2)6-9-14-11(12-3)13-7-5-8-15-18(4,16)17;/h10,15H,5-9H2,1-4H3,(H2,12,13,14);1H. The van der Waals surface area contributed by atoms with Crippen molar-refractivity contribution in [1.82, 2.24) is 15.4 Å². The van der Waals surface area contributed by atoms with Gasteiger partial charge in [-0.15, -0.1) is 24.0 Å². The molecular formula is C11H27IN4O2S. The highest BCUT2D eigenvalue weighted by atomic mass is 127. The van der Waals surface area contributed by atoms with Crippen molar-refractivity contribution in [3.8, 4) is 0 Å². The zero-order valence-electron chi connectivity index (χ0n) is 12.2. The molecule has 0 fully saturated rings. The van der Waals surface area contributed by atoms with Crippen LogP contribution in [-0.4, -0.2) is 47.3 Å². The van der Waals surface area contributed by atoms with Gasteiger partial charge in [-0.25, -0.2) is 13.1 Å². The molecule has 6 nitrogen and oxygen atoms in total. The second-order valence-corrected chi connectivity index (χ2v) is 6.46. The Labute approximate surface area is 134 Å². The topological polar surface area (TPSA) is 82.6 Å². The van der Waals surface area contributed by atoms with Crippen LogP contribution in [0.5, 0.6) is 0 Å². The minimum absolute atomic E-state index is 0. The first kappa shape index (κ1) is 21.2. The third kappa shape index (κ3) is 15.9. The van der Waals surface area contributed by atoms with Gasteiger partial charge in [0, 0.05) is 26.7 Å². The number of hydrogen-bond acceptors (Lipinski definition) is 3. The number of nitrogens with one attached hydrogen (secondary N) is 3. The van der Waals surface area contributed by atoms with Crippen LogP contribution in [0.4, 0.5) is 0 Å². The maximum atomic E-state index is 10.8. The molecule has 0 radical (unpaired) electrons. The number of rotatable bonds is 8. The summed E-state index contributed by atoms with van der Waals surface area (Å²) in [5.74, 6) is 1.42. The molecule has 0 saturated carbocycles. The van der Waals surface area contributed by atoms with Crippen molar-refractivity contribution in [3.63, 3.8) is 0 Å². The zero-order valence-corrected chi connectivity index (χ0v) is 15.3. The van der Waals surface area contributed by atoms with Gasteiger partial charge in [0.1, 0.15) is 0 Å². The summed E-state index contributed by atoms with van der Waals surface area (Å²) in [6, 6.07) is 0. The van der Waals surface area contributed by atoms with Crippen LogP contribution in [0.25, 0.3) is 0 Å². The smallest absolute Gasteiger partial charge is 0.208 e. The lowest BCUT2D eigenvalue weighted by atomic mass is 10.1. The van der Waals surface area contributed by atoms with Crippen LogP contribution in [-0.2, 0) is 10.0 Å². The van der Waals surface area contributed by atoms with Gasteiger partial charge >= 0.3 is 0 Å². The number of nitrogens with zero attached hydrogens (tertiary/aromatic N) is 1. The average molecular weight is 406 g/mol. The monoisotopic (exact) mass is 406 g/mol. The molecule has 0 aliphatic rings. The minimum atomic E-state index is -3.08. The largest absolute Gasteiger partial charge is 0.356 e. The van der Waals surface area contributed by atoms with E-state index in [0.717, 1.165) is 31.6 Å². The molecule has 0 aliphatic heterocycles. The molecule has 0 bridgehead atoms. The van der Waals surface area contributed by atoms with E-state index in [4.69, 9.17) is 0 Å². The van der Waals surface area contributed by atoms with Gasteiger partial charge in [0.05, 0.1) is 6.26 Å². The van der Waals surface area contributed by atoms with E-state index < -0.39 is 10.0 Å². The fourth-order valence-electron chi connectivity index (χ4n) is 1.25. The van der Waals surface area contributed by atoms with Crippen LogP contribution < -0.4 is 15.4 Å². The van der Waals surface area contributed by atoms with Crippen molar-refractivity contribution in [2.45, 2.75) is 26.7 Å². The van der Waals surface area contributed by atoms with E-state index in [2.05, 4.69) is 34.2 Å². The van der Waals surface area contributed by atoms with Gasteiger partial charge in [0.25, 0.3) is 0 Å². The first-order chi connectivity index (χ1) is 8.35. The molecule has 0 atom stereocenters. The quantitative estimate of drug-likeness (QED) is 0.241. The second kappa shape index (κ2) is 11.7. The summed E-state index contributed by atoms with van der Waals surface area (Å²) in [5.41, 5.74) is 0. The van der Waals surface area contributed by atoms with Gasteiger partial charge in [-0.2, -0.15) is 0 Å². The summed E-state index contributed by atoms with van der Waals surface area (Å²) < 4.78 is 24.1. The highest BCUT2D eigenvalue weighted by Crippen LogP contribution is 1.95. The van der Waals surface area contributed by atoms with Crippen molar-refractivity contribution >= 4 is 40.0 Å². The van der Waals surface area contributed by atoms with E-state index in [1.54, 1.807) is 7.05 Å². The van der Waals surface area contributed by atoms with E-state index in [0.29, 0.717) is 19.0 Å².